The van der Waals surface area contributed by atoms with Crippen molar-refractivity contribution in [2.75, 3.05) is 0 Å². The number of hydrogen-bond acceptors (Lipinski definition) is 0. The van der Waals surface area contributed by atoms with E-state index in [9.17, 15) is 70.2 Å². The summed E-state index contributed by atoms with van der Waals surface area (Å²) in [4.78, 5) is 0. The summed E-state index contributed by atoms with van der Waals surface area (Å²) < 4.78 is 219. The standard InChI is InChI=1S/C19H22F16/c1-3-5-7-8-9-11-13(22,23)15(26,27)17(30,31)19(34,35)18(32,33)16(28,29)14(24,25)12(20,21)10-6-4-2/h6,10H,3-5,7-9,11H2,1-2H3/b10-6+. The van der Waals surface area contributed by atoms with Crippen LogP contribution in [0.2, 0.25) is 0 Å². The fourth-order valence-electron chi connectivity index (χ4n) is 2.71. The number of unbranched alkanes of at least 4 members (excludes halogenated alkanes) is 4. The lowest BCUT2D eigenvalue weighted by atomic mass is 9.86. The van der Waals surface area contributed by atoms with Gasteiger partial charge in [-0.3, -0.25) is 0 Å². The average molecular weight is 554 g/mol. The van der Waals surface area contributed by atoms with E-state index in [1.54, 1.807) is 6.92 Å². The van der Waals surface area contributed by atoms with Gasteiger partial charge in [0.15, 0.2) is 0 Å². The van der Waals surface area contributed by atoms with Gasteiger partial charge in [0.1, 0.15) is 0 Å². The van der Waals surface area contributed by atoms with E-state index in [1.807, 2.05) is 0 Å². The molecule has 0 aliphatic heterocycles. The van der Waals surface area contributed by atoms with Crippen molar-refractivity contribution in [2.45, 2.75) is 106 Å². The molecule has 0 N–H and O–H groups in total. The smallest absolute Gasteiger partial charge is 0.200 e. The van der Waals surface area contributed by atoms with Gasteiger partial charge in [-0.2, -0.15) is 70.2 Å². The molecule has 210 valence electrons. The van der Waals surface area contributed by atoms with E-state index in [0.717, 1.165) is 6.92 Å². The Morgan fingerprint density at radius 2 is 0.829 bits per heavy atom. The van der Waals surface area contributed by atoms with Crippen molar-refractivity contribution in [1.82, 2.24) is 0 Å². The first-order valence-electron chi connectivity index (χ1n) is 10.1. The Morgan fingerprint density at radius 1 is 0.457 bits per heavy atom. The van der Waals surface area contributed by atoms with Gasteiger partial charge in [0.2, 0.25) is 0 Å². The van der Waals surface area contributed by atoms with E-state index in [1.165, 1.54) is 0 Å². The second kappa shape index (κ2) is 10.5. The van der Waals surface area contributed by atoms with E-state index in [0.29, 0.717) is 12.8 Å². The highest BCUT2D eigenvalue weighted by Gasteiger charge is 2.94. The monoisotopic (exact) mass is 554 g/mol. The van der Waals surface area contributed by atoms with Crippen LogP contribution in [0.15, 0.2) is 12.2 Å². The molecule has 0 amide bonds. The van der Waals surface area contributed by atoms with Crippen molar-refractivity contribution in [3.8, 4) is 0 Å². The number of hydrogen-bond donors (Lipinski definition) is 0. The summed E-state index contributed by atoms with van der Waals surface area (Å²) in [6, 6.07) is 0. The molecule has 0 saturated carbocycles. The molecule has 0 nitrogen and oxygen atoms in total. The maximum Gasteiger partial charge on any atom is 0.385 e. The van der Waals surface area contributed by atoms with Crippen LogP contribution in [0.4, 0.5) is 70.2 Å². The summed E-state index contributed by atoms with van der Waals surface area (Å²) in [5.74, 6) is -60.5. The Kier molecular flexibility index (Phi) is 10.1. The summed E-state index contributed by atoms with van der Waals surface area (Å²) in [5.41, 5.74) is 0. The van der Waals surface area contributed by atoms with Crippen LogP contribution in [0.3, 0.4) is 0 Å². The third-order valence-corrected chi connectivity index (χ3v) is 5.01. The molecular formula is C19H22F16. The second-order valence-corrected chi connectivity index (χ2v) is 7.75. The van der Waals surface area contributed by atoms with E-state index in [-0.39, 0.29) is 18.9 Å². The van der Waals surface area contributed by atoms with Gasteiger partial charge in [-0.05, 0) is 18.9 Å². The molecule has 0 spiro atoms. The summed E-state index contributed by atoms with van der Waals surface area (Å²) in [5, 5.41) is 0. The summed E-state index contributed by atoms with van der Waals surface area (Å²) >= 11 is 0. The van der Waals surface area contributed by atoms with Crippen LogP contribution >= 0.6 is 0 Å². The normalized spacial score (nSPS) is 15.8. The SMILES string of the molecule is CC/C=C/C(F)(F)C(F)(F)C(F)(F)C(F)(F)C(F)(F)C(F)(F)C(F)(F)C(F)(F)CCCCCCC. The zero-order chi connectivity index (χ0) is 28.4. The topological polar surface area (TPSA) is 0 Å². The van der Waals surface area contributed by atoms with Crippen LogP contribution in [0.1, 0.15) is 58.8 Å². The van der Waals surface area contributed by atoms with Gasteiger partial charge in [0.05, 0.1) is 0 Å². The van der Waals surface area contributed by atoms with Crippen molar-refractivity contribution in [3.05, 3.63) is 12.2 Å². The van der Waals surface area contributed by atoms with Crippen LogP contribution in [0, 0.1) is 0 Å². The highest BCUT2D eigenvalue weighted by molar-refractivity contribution is 5.18. The van der Waals surface area contributed by atoms with Crippen LogP contribution in [0.5, 0.6) is 0 Å². The Balaban J connectivity index is 6.40. The maximum atomic E-state index is 13.8. The molecule has 0 atom stereocenters. The summed E-state index contributed by atoms with van der Waals surface area (Å²) in [6.07, 6.45) is -4.35. The first kappa shape index (κ1) is 33.6. The lowest BCUT2D eigenvalue weighted by molar-refractivity contribution is -0.451. The maximum absolute atomic E-state index is 13.8. The third kappa shape index (κ3) is 5.49. The molecule has 0 heterocycles. The van der Waals surface area contributed by atoms with Gasteiger partial charge in [0, 0.05) is 6.42 Å². The van der Waals surface area contributed by atoms with E-state index >= 15 is 0 Å². The van der Waals surface area contributed by atoms with Crippen LogP contribution in [-0.4, -0.2) is 47.4 Å². The first-order chi connectivity index (χ1) is 15.4. The van der Waals surface area contributed by atoms with Crippen LogP contribution < -0.4 is 0 Å². The van der Waals surface area contributed by atoms with Crippen molar-refractivity contribution in [2.24, 2.45) is 0 Å². The van der Waals surface area contributed by atoms with Crippen LogP contribution in [-0.2, 0) is 0 Å². The van der Waals surface area contributed by atoms with Gasteiger partial charge < -0.3 is 0 Å². The fraction of sp³-hybridized carbons (Fsp3) is 0.895. The third-order valence-electron chi connectivity index (χ3n) is 5.01. The predicted octanol–water partition coefficient (Wildman–Crippen LogP) is 9.40. The largest absolute Gasteiger partial charge is 0.385 e. The minimum Gasteiger partial charge on any atom is -0.200 e. The van der Waals surface area contributed by atoms with Crippen molar-refractivity contribution in [3.63, 3.8) is 0 Å². The molecule has 0 aromatic rings. The van der Waals surface area contributed by atoms with E-state index in [4.69, 9.17) is 0 Å². The summed E-state index contributed by atoms with van der Waals surface area (Å²) in [7, 11) is 0. The number of halogens is 16. The second-order valence-electron chi connectivity index (χ2n) is 7.75. The molecule has 0 saturated heterocycles. The van der Waals surface area contributed by atoms with Crippen molar-refractivity contribution >= 4 is 0 Å². The van der Waals surface area contributed by atoms with Crippen LogP contribution in [0.25, 0.3) is 0 Å². The van der Waals surface area contributed by atoms with Gasteiger partial charge in [0.25, 0.3) is 0 Å². The number of rotatable bonds is 15. The molecule has 0 aliphatic carbocycles. The molecule has 35 heavy (non-hydrogen) atoms. The van der Waals surface area contributed by atoms with Gasteiger partial charge in [-0.15, -0.1) is 0 Å². The van der Waals surface area contributed by atoms with Gasteiger partial charge >= 0.3 is 47.4 Å². The van der Waals surface area contributed by atoms with Crippen molar-refractivity contribution < 1.29 is 70.2 Å². The van der Waals surface area contributed by atoms with Crippen molar-refractivity contribution in [1.29, 1.82) is 0 Å². The quantitative estimate of drug-likeness (QED) is 0.108. The zero-order valence-corrected chi connectivity index (χ0v) is 18.2. The van der Waals surface area contributed by atoms with Gasteiger partial charge in [-0.25, -0.2) is 0 Å². The average Bonchev–Trinajstić information content (AvgIpc) is 2.70. The molecule has 16 heteroatoms. The molecule has 0 aliphatic rings. The molecule has 0 unspecified atom stereocenters. The number of alkyl halides is 16. The lowest BCUT2D eigenvalue weighted by Crippen LogP contribution is -2.74. The predicted molar refractivity (Wildman–Crippen MR) is 92.4 cm³/mol. The molecular weight excluding hydrogens is 532 g/mol. The van der Waals surface area contributed by atoms with E-state index in [2.05, 4.69) is 0 Å². The highest BCUT2D eigenvalue weighted by Crippen LogP contribution is 2.64. The van der Waals surface area contributed by atoms with E-state index < -0.39 is 72.7 Å². The zero-order valence-electron chi connectivity index (χ0n) is 18.2. The fourth-order valence-corrected chi connectivity index (χ4v) is 2.71. The molecule has 0 bridgehead atoms. The lowest BCUT2D eigenvalue weighted by Gasteiger charge is -2.43. The Labute approximate surface area is 189 Å². The molecule has 0 fully saturated rings. The van der Waals surface area contributed by atoms with Gasteiger partial charge in [-0.1, -0.05) is 45.6 Å². The molecule has 0 aromatic heterocycles. The Bertz CT molecular complexity index is 708. The summed E-state index contributed by atoms with van der Waals surface area (Å²) in [6.45, 7) is 2.58. The Hall–Kier alpha value is -1.38. The highest BCUT2D eigenvalue weighted by atomic mass is 19.4. The molecule has 0 rings (SSSR count). The molecule has 0 aromatic carbocycles. The molecule has 0 radical (unpaired) electrons. The Morgan fingerprint density at radius 3 is 1.23 bits per heavy atom. The minimum absolute atomic E-state index is 0.00406. The first-order valence-corrected chi connectivity index (χ1v) is 10.1. The number of allylic oxidation sites excluding steroid dienone is 2. The minimum atomic E-state index is -8.36.